The van der Waals surface area contributed by atoms with Gasteiger partial charge in [0.25, 0.3) is 10.0 Å². The largest absolute Gasteiger partial charge is 0.446 e. The highest BCUT2D eigenvalue weighted by molar-refractivity contribution is 7.89. The Morgan fingerprint density at radius 2 is 1.95 bits per heavy atom. The molecule has 2 rings (SSSR count). The van der Waals surface area contributed by atoms with Crippen LogP contribution in [-0.2, 0) is 14.8 Å². The van der Waals surface area contributed by atoms with Crippen LogP contribution in [0.2, 0.25) is 0 Å². The molecule has 0 bridgehead atoms. The molecule has 1 aliphatic heterocycles. The van der Waals surface area contributed by atoms with Gasteiger partial charge in [-0.25, -0.2) is 13.2 Å². The van der Waals surface area contributed by atoms with Gasteiger partial charge >= 0.3 is 6.09 Å². The zero-order valence-electron chi connectivity index (χ0n) is 10.7. The zero-order valence-corrected chi connectivity index (χ0v) is 11.6. The molecule has 102 valence electrons. The summed E-state index contributed by atoms with van der Waals surface area (Å²) in [6.45, 7) is 3.68. The molecule has 0 saturated carbocycles. The number of ether oxygens (including phenoxy) is 1. The molecule has 1 atom stereocenters. The first-order chi connectivity index (χ1) is 8.96. The average Bonchev–Trinajstić information content (AvgIpc) is 2.72. The lowest BCUT2D eigenvalue weighted by Gasteiger charge is -2.18. The van der Waals surface area contributed by atoms with Gasteiger partial charge in [-0.05, 0) is 26.0 Å². The lowest BCUT2D eigenvalue weighted by molar-refractivity contribution is 0.170. The molecule has 1 fully saturated rings. The van der Waals surface area contributed by atoms with E-state index in [1.807, 2.05) is 6.92 Å². The summed E-state index contributed by atoms with van der Waals surface area (Å²) < 4.78 is 30.5. The number of carbonyl (C=O) groups is 1. The summed E-state index contributed by atoms with van der Waals surface area (Å²) in [5.41, 5.74) is 0.952. The Kier molecular flexibility index (Phi) is 3.61. The van der Waals surface area contributed by atoms with E-state index in [1.54, 1.807) is 31.2 Å². The molecule has 0 aromatic heterocycles. The van der Waals surface area contributed by atoms with Crippen LogP contribution in [0.5, 0.6) is 0 Å². The number of sulfonamides is 1. The Balaban J connectivity index is 2.43. The van der Waals surface area contributed by atoms with Crippen LogP contribution in [0.25, 0.3) is 0 Å². The van der Waals surface area contributed by atoms with Gasteiger partial charge in [0.2, 0.25) is 0 Å². The second-order valence-corrected chi connectivity index (χ2v) is 6.10. The monoisotopic (exact) mass is 281 g/mol. The maximum Gasteiger partial charge on any atom is 0.424 e. The predicted octanol–water partition coefficient (Wildman–Crippen LogP) is 2.08. The standard InChI is InChI=1S/C13H15NO4S/c1-3-4-11-9-18-13(15)14(11)19(16,17)12-7-5-10(2)6-8-12/h3-8,11H,9H2,1-2H3/b4-3+. The normalized spacial score (nSPS) is 20.0. The van der Waals surface area contributed by atoms with Crippen molar-refractivity contribution in [3.8, 4) is 0 Å². The number of hydrogen-bond acceptors (Lipinski definition) is 4. The van der Waals surface area contributed by atoms with E-state index in [4.69, 9.17) is 4.74 Å². The van der Waals surface area contributed by atoms with Crippen LogP contribution in [0.1, 0.15) is 12.5 Å². The van der Waals surface area contributed by atoms with Crippen LogP contribution < -0.4 is 0 Å². The molecular weight excluding hydrogens is 266 g/mol. The number of carbonyl (C=O) groups excluding carboxylic acids is 1. The number of benzene rings is 1. The van der Waals surface area contributed by atoms with Crippen LogP contribution in [0, 0.1) is 6.92 Å². The van der Waals surface area contributed by atoms with Crippen LogP contribution in [0.3, 0.4) is 0 Å². The Morgan fingerprint density at radius 3 is 2.53 bits per heavy atom. The Bertz CT molecular complexity index is 604. The van der Waals surface area contributed by atoms with Crippen molar-refractivity contribution in [2.45, 2.75) is 24.8 Å². The number of amides is 1. The molecular formula is C13H15NO4S. The van der Waals surface area contributed by atoms with Crippen LogP contribution in [0.15, 0.2) is 41.3 Å². The van der Waals surface area contributed by atoms with Gasteiger partial charge in [0.15, 0.2) is 0 Å². The average molecular weight is 281 g/mol. The Labute approximate surface area is 112 Å². The summed E-state index contributed by atoms with van der Waals surface area (Å²) in [6.07, 6.45) is 2.50. The van der Waals surface area contributed by atoms with Crippen molar-refractivity contribution < 1.29 is 17.9 Å². The van der Waals surface area contributed by atoms with Crippen molar-refractivity contribution >= 4 is 16.1 Å². The van der Waals surface area contributed by atoms with E-state index in [0.717, 1.165) is 9.87 Å². The van der Waals surface area contributed by atoms with E-state index in [1.165, 1.54) is 12.1 Å². The van der Waals surface area contributed by atoms with Gasteiger partial charge in [0, 0.05) is 0 Å². The van der Waals surface area contributed by atoms with Gasteiger partial charge in [-0.2, -0.15) is 4.31 Å². The third-order valence-electron chi connectivity index (χ3n) is 2.85. The molecule has 1 heterocycles. The number of rotatable bonds is 3. The maximum absolute atomic E-state index is 12.4. The molecule has 0 radical (unpaired) electrons. The number of allylic oxidation sites excluding steroid dienone is 1. The summed E-state index contributed by atoms with van der Waals surface area (Å²) in [5, 5.41) is 0. The first-order valence-corrected chi connectivity index (χ1v) is 7.31. The Hall–Kier alpha value is -1.82. The summed E-state index contributed by atoms with van der Waals surface area (Å²) in [5.74, 6) is 0. The summed E-state index contributed by atoms with van der Waals surface area (Å²) in [4.78, 5) is 11.7. The highest BCUT2D eigenvalue weighted by Gasteiger charge is 2.41. The number of nitrogens with zero attached hydrogens (tertiary/aromatic N) is 1. The van der Waals surface area contributed by atoms with Gasteiger partial charge in [-0.1, -0.05) is 29.8 Å². The molecule has 1 aromatic carbocycles. The summed E-state index contributed by atoms with van der Waals surface area (Å²) in [6, 6.07) is 5.79. The number of aryl methyl sites for hydroxylation is 1. The smallest absolute Gasteiger partial charge is 0.424 e. The number of cyclic esters (lactones) is 1. The molecule has 19 heavy (non-hydrogen) atoms. The van der Waals surface area contributed by atoms with Crippen molar-refractivity contribution in [1.29, 1.82) is 0 Å². The molecule has 6 heteroatoms. The van der Waals surface area contributed by atoms with E-state index in [2.05, 4.69) is 0 Å². The topological polar surface area (TPSA) is 63.7 Å². The second-order valence-electron chi connectivity index (χ2n) is 4.28. The van der Waals surface area contributed by atoms with Crippen molar-refractivity contribution in [3.63, 3.8) is 0 Å². The van der Waals surface area contributed by atoms with Crippen molar-refractivity contribution in [3.05, 3.63) is 42.0 Å². The summed E-state index contributed by atoms with van der Waals surface area (Å²) in [7, 11) is -3.87. The van der Waals surface area contributed by atoms with Crippen molar-refractivity contribution in [2.24, 2.45) is 0 Å². The van der Waals surface area contributed by atoms with E-state index < -0.39 is 22.2 Å². The molecule has 5 nitrogen and oxygen atoms in total. The van der Waals surface area contributed by atoms with Gasteiger partial charge < -0.3 is 4.74 Å². The number of hydrogen-bond donors (Lipinski definition) is 0. The highest BCUT2D eigenvalue weighted by atomic mass is 32.2. The molecule has 0 aliphatic carbocycles. The fourth-order valence-corrected chi connectivity index (χ4v) is 3.32. The molecule has 0 N–H and O–H groups in total. The fourth-order valence-electron chi connectivity index (χ4n) is 1.88. The minimum Gasteiger partial charge on any atom is -0.446 e. The molecule has 0 spiro atoms. The Morgan fingerprint density at radius 1 is 1.32 bits per heavy atom. The molecule has 1 unspecified atom stereocenters. The first kappa shape index (κ1) is 13.6. The molecule has 1 saturated heterocycles. The van der Waals surface area contributed by atoms with E-state index in [-0.39, 0.29) is 11.5 Å². The van der Waals surface area contributed by atoms with E-state index in [0.29, 0.717) is 0 Å². The van der Waals surface area contributed by atoms with Crippen LogP contribution in [-0.4, -0.2) is 31.5 Å². The lowest BCUT2D eigenvalue weighted by atomic mass is 10.2. The van der Waals surface area contributed by atoms with Gasteiger partial charge in [0.1, 0.15) is 12.6 Å². The molecule has 1 aliphatic rings. The first-order valence-electron chi connectivity index (χ1n) is 5.87. The fraction of sp³-hybridized carbons (Fsp3) is 0.308. The van der Waals surface area contributed by atoms with Crippen LogP contribution in [0.4, 0.5) is 4.79 Å². The molecule has 1 aromatic rings. The highest BCUT2D eigenvalue weighted by Crippen LogP contribution is 2.24. The SMILES string of the molecule is C/C=C/C1COC(=O)N1S(=O)(=O)c1ccc(C)cc1. The lowest BCUT2D eigenvalue weighted by Crippen LogP contribution is -2.37. The zero-order chi connectivity index (χ0) is 14.0. The minimum absolute atomic E-state index is 0.0499. The third kappa shape index (κ3) is 2.49. The van der Waals surface area contributed by atoms with Crippen molar-refractivity contribution in [1.82, 2.24) is 4.31 Å². The van der Waals surface area contributed by atoms with E-state index >= 15 is 0 Å². The maximum atomic E-state index is 12.4. The minimum atomic E-state index is -3.87. The van der Waals surface area contributed by atoms with E-state index in [9.17, 15) is 13.2 Å². The third-order valence-corrected chi connectivity index (χ3v) is 4.66. The second kappa shape index (κ2) is 5.05. The van der Waals surface area contributed by atoms with Gasteiger partial charge in [-0.3, -0.25) is 0 Å². The van der Waals surface area contributed by atoms with Gasteiger partial charge in [0.05, 0.1) is 4.90 Å². The predicted molar refractivity (Wildman–Crippen MR) is 70.2 cm³/mol. The van der Waals surface area contributed by atoms with Gasteiger partial charge in [-0.15, -0.1) is 0 Å². The van der Waals surface area contributed by atoms with Crippen molar-refractivity contribution in [2.75, 3.05) is 6.61 Å². The quantitative estimate of drug-likeness (QED) is 0.796. The summed E-state index contributed by atoms with van der Waals surface area (Å²) >= 11 is 0. The van der Waals surface area contributed by atoms with Crippen LogP contribution >= 0.6 is 0 Å². The molecule has 1 amide bonds.